The SMILES string of the molecule is Cc1ccc(NCCC(C)c2ccccc2)cc1N. The molecule has 0 amide bonds. The lowest BCUT2D eigenvalue weighted by molar-refractivity contribution is 0.706. The highest BCUT2D eigenvalue weighted by Crippen LogP contribution is 2.20. The van der Waals surface area contributed by atoms with Crippen molar-refractivity contribution in [3.05, 3.63) is 59.7 Å². The van der Waals surface area contributed by atoms with E-state index < -0.39 is 0 Å². The van der Waals surface area contributed by atoms with Crippen LogP contribution < -0.4 is 11.1 Å². The highest BCUT2D eigenvalue weighted by atomic mass is 14.9. The molecule has 100 valence electrons. The summed E-state index contributed by atoms with van der Waals surface area (Å²) in [6.45, 7) is 5.25. The molecule has 0 saturated carbocycles. The van der Waals surface area contributed by atoms with Crippen LogP contribution in [0.3, 0.4) is 0 Å². The van der Waals surface area contributed by atoms with Gasteiger partial charge in [-0.15, -0.1) is 0 Å². The molecule has 0 spiro atoms. The van der Waals surface area contributed by atoms with E-state index in [0.717, 1.165) is 29.9 Å². The van der Waals surface area contributed by atoms with Gasteiger partial charge in [-0.1, -0.05) is 43.3 Å². The molecule has 19 heavy (non-hydrogen) atoms. The van der Waals surface area contributed by atoms with Gasteiger partial charge in [0.2, 0.25) is 0 Å². The summed E-state index contributed by atoms with van der Waals surface area (Å²) in [7, 11) is 0. The Morgan fingerprint density at radius 3 is 2.53 bits per heavy atom. The van der Waals surface area contributed by atoms with Gasteiger partial charge in [-0.25, -0.2) is 0 Å². The van der Waals surface area contributed by atoms with Gasteiger partial charge in [-0.3, -0.25) is 0 Å². The zero-order valence-electron chi connectivity index (χ0n) is 11.7. The average Bonchev–Trinajstić information content (AvgIpc) is 2.43. The normalized spacial score (nSPS) is 12.1. The van der Waals surface area contributed by atoms with E-state index in [1.807, 2.05) is 13.0 Å². The minimum atomic E-state index is 0.566. The van der Waals surface area contributed by atoms with Crippen LogP contribution in [0.5, 0.6) is 0 Å². The predicted molar refractivity (Wildman–Crippen MR) is 83.6 cm³/mol. The van der Waals surface area contributed by atoms with E-state index in [9.17, 15) is 0 Å². The number of nitrogen functional groups attached to an aromatic ring is 1. The lowest BCUT2D eigenvalue weighted by Crippen LogP contribution is -2.06. The molecule has 0 aliphatic carbocycles. The van der Waals surface area contributed by atoms with Gasteiger partial charge in [0, 0.05) is 17.9 Å². The molecular formula is C17H22N2. The summed E-state index contributed by atoms with van der Waals surface area (Å²) >= 11 is 0. The Kier molecular flexibility index (Phi) is 4.45. The molecule has 1 unspecified atom stereocenters. The van der Waals surface area contributed by atoms with E-state index in [2.05, 4.69) is 54.7 Å². The Hall–Kier alpha value is -1.96. The minimum Gasteiger partial charge on any atom is -0.398 e. The number of rotatable bonds is 5. The first-order chi connectivity index (χ1) is 9.16. The molecule has 2 aromatic carbocycles. The third-order valence-corrected chi connectivity index (χ3v) is 3.55. The van der Waals surface area contributed by atoms with Crippen LogP contribution in [0, 0.1) is 6.92 Å². The molecule has 0 bridgehead atoms. The van der Waals surface area contributed by atoms with Crippen LogP contribution in [0.2, 0.25) is 0 Å². The summed E-state index contributed by atoms with van der Waals surface area (Å²) in [6, 6.07) is 16.8. The maximum absolute atomic E-state index is 5.90. The van der Waals surface area contributed by atoms with Crippen LogP contribution in [0.4, 0.5) is 11.4 Å². The number of aryl methyl sites for hydroxylation is 1. The predicted octanol–water partition coefficient (Wildman–Crippen LogP) is 4.18. The van der Waals surface area contributed by atoms with Gasteiger partial charge in [0.1, 0.15) is 0 Å². The van der Waals surface area contributed by atoms with Crippen molar-refractivity contribution in [1.29, 1.82) is 0 Å². The monoisotopic (exact) mass is 254 g/mol. The molecule has 0 aromatic heterocycles. The van der Waals surface area contributed by atoms with Crippen LogP contribution in [0.1, 0.15) is 30.4 Å². The Morgan fingerprint density at radius 1 is 1.11 bits per heavy atom. The molecule has 0 aliphatic heterocycles. The number of hydrogen-bond acceptors (Lipinski definition) is 2. The lowest BCUT2D eigenvalue weighted by Gasteiger charge is -2.13. The Morgan fingerprint density at radius 2 is 1.84 bits per heavy atom. The van der Waals surface area contributed by atoms with Crippen molar-refractivity contribution < 1.29 is 0 Å². The second-order valence-electron chi connectivity index (χ2n) is 5.10. The van der Waals surface area contributed by atoms with Crippen molar-refractivity contribution in [2.45, 2.75) is 26.2 Å². The van der Waals surface area contributed by atoms with Crippen molar-refractivity contribution in [3.8, 4) is 0 Å². The number of hydrogen-bond donors (Lipinski definition) is 2. The summed E-state index contributed by atoms with van der Waals surface area (Å²) < 4.78 is 0. The van der Waals surface area contributed by atoms with E-state index in [1.165, 1.54) is 5.56 Å². The first-order valence-corrected chi connectivity index (χ1v) is 6.82. The summed E-state index contributed by atoms with van der Waals surface area (Å²) in [5, 5.41) is 3.43. The zero-order chi connectivity index (χ0) is 13.7. The highest BCUT2D eigenvalue weighted by Gasteiger charge is 2.04. The first kappa shape index (κ1) is 13.5. The second kappa shape index (κ2) is 6.28. The van der Waals surface area contributed by atoms with E-state index in [1.54, 1.807) is 0 Å². The number of nitrogens with two attached hydrogens (primary N) is 1. The van der Waals surface area contributed by atoms with Gasteiger partial charge < -0.3 is 11.1 Å². The molecule has 2 heteroatoms. The van der Waals surface area contributed by atoms with Crippen LogP contribution >= 0.6 is 0 Å². The second-order valence-corrected chi connectivity index (χ2v) is 5.10. The lowest BCUT2D eigenvalue weighted by atomic mass is 9.98. The molecule has 2 nitrogen and oxygen atoms in total. The number of nitrogens with one attached hydrogen (secondary N) is 1. The summed E-state index contributed by atoms with van der Waals surface area (Å²) in [5.74, 6) is 0.566. The van der Waals surface area contributed by atoms with Crippen molar-refractivity contribution in [3.63, 3.8) is 0 Å². The fourth-order valence-corrected chi connectivity index (χ4v) is 2.13. The zero-order valence-corrected chi connectivity index (χ0v) is 11.7. The molecule has 0 fully saturated rings. The molecular weight excluding hydrogens is 232 g/mol. The maximum atomic E-state index is 5.90. The minimum absolute atomic E-state index is 0.566. The Bertz CT molecular complexity index is 520. The molecule has 0 saturated heterocycles. The summed E-state index contributed by atoms with van der Waals surface area (Å²) in [5.41, 5.74) is 10.4. The van der Waals surface area contributed by atoms with Crippen molar-refractivity contribution >= 4 is 11.4 Å². The quantitative estimate of drug-likeness (QED) is 0.785. The highest BCUT2D eigenvalue weighted by molar-refractivity contribution is 5.58. The largest absolute Gasteiger partial charge is 0.398 e. The number of benzene rings is 2. The molecule has 3 N–H and O–H groups in total. The third kappa shape index (κ3) is 3.75. The van der Waals surface area contributed by atoms with Gasteiger partial charge >= 0.3 is 0 Å². The van der Waals surface area contributed by atoms with Gasteiger partial charge in [0.25, 0.3) is 0 Å². The van der Waals surface area contributed by atoms with Crippen LogP contribution in [-0.2, 0) is 0 Å². The smallest absolute Gasteiger partial charge is 0.0364 e. The van der Waals surface area contributed by atoms with Gasteiger partial charge in [-0.2, -0.15) is 0 Å². The van der Waals surface area contributed by atoms with Crippen LogP contribution in [-0.4, -0.2) is 6.54 Å². The first-order valence-electron chi connectivity index (χ1n) is 6.82. The van der Waals surface area contributed by atoms with Crippen LogP contribution in [0.25, 0.3) is 0 Å². The Balaban J connectivity index is 1.85. The molecule has 2 aromatic rings. The van der Waals surface area contributed by atoms with E-state index >= 15 is 0 Å². The fraction of sp³-hybridized carbons (Fsp3) is 0.294. The van der Waals surface area contributed by atoms with Crippen molar-refractivity contribution in [2.24, 2.45) is 0 Å². The molecule has 2 rings (SSSR count). The van der Waals surface area contributed by atoms with E-state index in [-0.39, 0.29) is 0 Å². The van der Waals surface area contributed by atoms with E-state index in [0.29, 0.717) is 5.92 Å². The van der Waals surface area contributed by atoms with Crippen molar-refractivity contribution in [1.82, 2.24) is 0 Å². The van der Waals surface area contributed by atoms with Gasteiger partial charge in [0.15, 0.2) is 0 Å². The van der Waals surface area contributed by atoms with Crippen molar-refractivity contribution in [2.75, 3.05) is 17.6 Å². The molecule has 1 atom stereocenters. The topological polar surface area (TPSA) is 38.0 Å². The van der Waals surface area contributed by atoms with Gasteiger partial charge in [0.05, 0.1) is 0 Å². The molecule has 0 aliphatic rings. The van der Waals surface area contributed by atoms with Crippen LogP contribution in [0.15, 0.2) is 48.5 Å². The average molecular weight is 254 g/mol. The molecule has 0 heterocycles. The molecule has 0 radical (unpaired) electrons. The standard InChI is InChI=1S/C17H22N2/c1-13(15-6-4-3-5-7-15)10-11-19-16-9-8-14(2)17(18)12-16/h3-9,12-13,19H,10-11,18H2,1-2H3. The van der Waals surface area contributed by atoms with E-state index in [4.69, 9.17) is 5.73 Å². The number of anilines is 2. The maximum Gasteiger partial charge on any atom is 0.0364 e. The van der Waals surface area contributed by atoms with Gasteiger partial charge in [-0.05, 0) is 42.5 Å². The third-order valence-electron chi connectivity index (χ3n) is 3.55. The summed E-state index contributed by atoms with van der Waals surface area (Å²) in [4.78, 5) is 0. The fourth-order valence-electron chi connectivity index (χ4n) is 2.13. The summed E-state index contributed by atoms with van der Waals surface area (Å²) in [6.07, 6.45) is 1.11. The Labute approximate surface area is 115 Å².